The first-order chi connectivity index (χ1) is 16.8. The number of aryl methyl sites for hydroxylation is 1. The van der Waals surface area contributed by atoms with E-state index in [-0.39, 0.29) is 25.9 Å². The standard InChI is InChI=1S/C26H29BrF2N6/c1-18-14-23(32-24(31-18)34-12-8-26(28,29)9-13-34)35-17-19(16-30-35)21-3-2-20(27)15-22(21)33-10-6-25(4-5-25)7-11-33/h2-3,14-17H,4-13H2,1H3. The minimum atomic E-state index is -2.60. The lowest BCUT2D eigenvalue weighted by atomic mass is 9.92. The second kappa shape index (κ2) is 8.54. The van der Waals surface area contributed by atoms with Crippen LogP contribution in [-0.4, -0.2) is 51.8 Å². The maximum Gasteiger partial charge on any atom is 0.251 e. The largest absolute Gasteiger partial charge is 0.371 e. The SMILES string of the molecule is Cc1cc(-n2cc(-c3ccc(Br)cc3N3CCC4(CC3)CC4)cn2)nc(N2CCC(F)(F)CC2)n1. The highest BCUT2D eigenvalue weighted by Gasteiger charge is 2.44. The molecule has 2 aliphatic heterocycles. The minimum absolute atomic E-state index is 0.171. The van der Waals surface area contributed by atoms with E-state index in [1.165, 1.54) is 31.4 Å². The number of aromatic nitrogens is 4. The van der Waals surface area contributed by atoms with Crippen molar-refractivity contribution in [1.29, 1.82) is 0 Å². The van der Waals surface area contributed by atoms with Crippen LogP contribution in [0.3, 0.4) is 0 Å². The first-order valence-corrected chi connectivity index (χ1v) is 13.2. The van der Waals surface area contributed by atoms with E-state index < -0.39 is 5.92 Å². The van der Waals surface area contributed by atoms with Crippen molar-refractivity contribution in [2.24, 2.45) is 5.41 Å². The highest BCUT2D eigenvalue weighted by Crippen LogP contribution is 2.54. The summed E-state index contributed by atoms with van der Waals surface area (Å²) >= 11 is 3.66. The van der Waals surface area contributed by atoms with Crippen LogP contribution < -0.4 is 9.80 Å². The van der Waals surface area contributed by atoms with Crippen LogP contribution in [0.2, 0.25) is 0 Å². The Morgan fingerprint density at radius 1 is 0.886 bits per heavy atom. The molecule has 1 spiro atoms. The fourth-order valence-corrected chi connectivity index (χ4v) is 5.67. The van der Waals surface area contributed by atoms with Gasteiger partial charge in [0.05, 0.1) is 6.20 Å². The molecule has 4 heterocycles. The molecule has 2 saturated heterocycles. The summed E-state index contributed by atoms with van der Waals surface area (Å²) < 4.78 is 30.1. The van der Waals surface area contributed by atoms with Crippen molar-refractivity contribution in [3.63, 3.8) is 0 Å². The first kappa shape index (κ1) is 22.9. The van der Waals surface area contributed by atoms with Gasteiger partial charge in [-0.2, -0.15) is 10.1 Å². The van der Waals surface area contributed by atoms with Crippen LogP contribution in [0, 0.1) is 12.3 Å². The quantitative estimate of drug-likeness (QED) is 0.403. The molecule has 6 nitrogen and oxygen atoms in total. The van der Waals surface area contributed by atoms with E-state index in [0.717, 1.165) is 34.4 Å². The van der Waals surface area contributed by atoms with Gasteiger partial charge in [0, 0.05) is 78.3 Å². The summed E-state index contributed by atoms with van der Waals surface area (Å²) in [6.45, 7) is 4.56. The fourth-order valence-electron chi connectivity index (χ4n) is 5.33. The van der Waals surface area contributed by atoms with Gasteiger partial charge in [0.25, 0.3) is 5.92 Å². The Morgan fingerprint density at radius 3 is 2.31 bits per heavy atom. The predicted molar refractivity (Wildman–Crippen MR) is 137 cm³/mol. The van der Waals surface area contributed by atoms with Crippen LogP contribution in [0.25, 0.3) is 16.9 Å². The number of halogens is 3. The highest BCUT2D eigenvalue weighted by molar-refractivity contribution is 9.10. The van der Waals surface area contributed by atoms with Gasteiger partial charge in [0.1, 0.15) is 0 Å². The summed E-state index contributed by atoms with van der Waals surface area (Å²) in [5, 5.41) is 4.61. The zero-order valence-corrected chi connectivity index (χ0v) is 21.4. The number of hydrogen-bond donors (Lipinski definition) is 0. The lowest BCUT2D eigenvalue weighted by Gasteiger charge is -2.35. The molecule has 1 saturated carbocycles. The number of hydrogen-bond acceptors (Lipinski definition) is 5. The molecule has 0 unspecified atom stereocenters. The van der Waals surface area contributed by atoms with E-state index in [1.54, 1.807) is 4.68 Å². The summed E-state index contributed by atoms with van der Waals surface area (Å²) in [5.41, 5.74) is 4.81. The second-order valence-electron chi connectivity index (χ2n) is 10.3. The number of piperidine rings is 2. The van der Waals surface area contributed by atoms with E-state index >= 15 is 0 Å². The third-order valence-electron chi connectivity index (χ3n) is 7.82. The van der Waals surface area contributed by atoms with Crippen LogP contribution in [0.4, 0.5) is 20.4 Å². The van der Waals surface area contributed by atoms with Gasteiger partial charge < -0.3 is 9.80 Å². The molecule has 0 bridgehead atoms. The summed E-state index contributed by atoms with van der Waals surface area (Å²) in [5.74, 6) is -1.47. The average molecular weight is 543 g/mol. The molecule has 1 aromatic carbocycles. The summed E-state index contributed by atoms with van der Waals surface area (Å²) in [6.07, 6.45) is 8.84. The molecule has 3 aromatic rings. The van der Waals surface area contributed by atoms with Crippen molar-refractivity contribution in [2.45, 2.75) is 51.4 Å². The fraction of sp³-hybridized carbons (Fsp3) is 0.500. The number of nitrogens with zero attached hydrogens (tertiary/aromatic N) is 6. The molecule has 0 radical (unpaired) electrons. The highest BCUT2D eigenvalue weighted by atomic mass is 79.9. The Bertz CT molecular complexity index is 1230. The van der Waals surface area contributed by atoms with Gasteiger partial charge >= 0.3 is 0 Å². The van der Waals surface area contributed by atoms with Gasteiger partial charge in [-0.15, -0.1) is 0 Å². The maximum absolute atomic E-state index is 13.6. The van der Waals surface area contributed by atoms with Crippen molar-refractivity contribution < 1.29 is 8.78 Å². The Kier molecular flexibility index (Phi) is 5.58. The van der Waals surface area contributed by atoms with E-state index in [0.29, 0.717) is 17.2 Å². The number of anilines is 2. The van der Waals surface area contributed by atoms with E-state index in [2.05, 4.69) is 54.1 Å². The third-order valence-corrected chi connectivity index (χ3v) is 8.31. The van der Waals surface area contributed by atoms with Crippen molar-refractivity contribution in [1.82, 2.24) is 19.7 Å². The van der Waals surface area contributed by atoms with Crippen LogP contribution in [0.5, 0.6) is 0 Å². The van der Waals surface area contributed by atoms with Crippen molar-refractivity contribution in [3.05, 3.63) is 46.8 Å². The van der Waals surface area contributed by atoms with Gasteiger partial charge in [-0.25, -0.2) is 18.4 Å². The molecular weight excluding hydrogens is 514 g/mol. The molecular formula is C26H29BrF2N6. The Morgan fingerprint density at radius 2 is 1.60 bits per heavy atom. The predicted octanol–water partition coefficient (Wildman–Crippen LogP) is 6.02. The summed E-state index contributed by atoms with van der Waals surface area (Å²) in [6, 6.07) is 8.30. The minimum Gasteiger partial charge on any atom is -0.371 e. The Balaban J connectivity index is 1.28. The van der Waals surface area contributed by atoms with Crippen LogP contribution in [-0.2, 0) is 0 Å². The van der Waals surface area contributed by atoms with Gasteiger partial charge in [0.15, 0.2) is 5.82 Å². The van der Waals surface area contributed by atoms with Gasteiger partial charge in [0.2, 0.25) is 5.95 Å². The number of rotatable bonds is 4. The lowest BCUT2D eigenvalue weighted by Crippen LogP contribution is -2.40. The Hall–Kier alpha value is -2.55. The zero-order chi connectivity index (χ0) is 24.2. The van der Waals surface area contributed by atoms with E-state index in [9.17, 15) is 8.78 Å². The molecule has 2 aromatic heterocycles. The molecule has 9 heteroatoms. The zero-order valence-electron chi connectivity index (χ0n) is 19.9. The van der Waals surface area contributed by atoms with E-state index in [4.69, 9.17) is 0 Å². The third kappa shape index (κ3) is 4.67. The normalized spacial score (nSPS) is 20.9. The summed E-state index contributed by atoms with van der Waals surface area (Å²) in [7, 11) is 0. The monoisotopic (exact) mass is 542 g/mol. The van der Waals surface area contributed by atoms with E-state index in [1.807, 2.05) is 30.3 Å². The molecule has 3 fully saturated rings. The molecule has 0 N–H and O–H groups in total. The molecule has 6 rings (SSSR count). The van der Waals surface area contributed by atoms with Crippen LogP contribution in [0.1, 0.15) is 44.2 Å². The van der Waals surface area contributed by atoms with Gasteiger partial charge in [-0.1, -0.05) is 22.0 Å². The molecule has 184 valence electrons. The average Bonchev–Trinajstić information content (AvgIpc) is 3.39. The van der Waals surface area contributed by atoms with Crippen molar-refractivity contribution >= 4 is 27.6 Å². The van der Waals surface area contributed by atoms with Crippen LogP contribution in [0.15, 0.2) is 41.1 Å². The van der Waals surface area contributed by atoms with Crippen molar-refractivity contribution in [2.75, 3.05) is 36.0 Å². The molecule has 35 heavy (non-hydrogen) atoms. The molecule has 0 atom stereocenters. The molecule has 3 aliphatic rings. The lowest BCUT2D eigenvalue weighted by molar-refractivity contribution is -0.0222. The number of alkyl halides is 2. The smallest absolute Gasteiger partial charge is 0.251 e. The summed E-state index contributed by atoms with van der Waals surface area (Å²) in [4.78, 5) is 13.5. The first-order valence-electron chi connectivity index (χ1n) is 12.4. The molecule has 0 amide bonds. The second-order valence-corrected chi connectivity index (χ2v) is 11.2. The van der Waals surface area contributed by atoms with Crippen LogP contribution >= 0.6 is 15.9 Å². The topological polar surface area (TPSA) is 50.1 Å². The van der Waals surface area contributed by atoms with Gasteiger partial charge in [-0.3, -0.25) is 0 Å². The Labute approximate surface area is 212 Å². The van der Waals surface area contributed by atoms with Gasteiger partial charge in [-0.05, 0) is 50.2 Å². The number of benzene rings is 1. The maximum atomic E-state index is 13.6. The molecule has 1 aliphatic carbocycles. The van der Waals surface area contributed by atoms with Crippen molar-refractivity contribution in [3.8, 4) is 16.9 Å².